The Morgan fingerprint density at radius 2 is 1.47 bits per heavy atom. The lowest BCUT2D eigenvalue weighted by atomic mass is 10.1. The van der Waals surface area contributed by atoms with E-state index in [9.17, 15) is 0 Å². The van der Waals surface area contributed by atoms with Crippen molar-refractivity contribution in [1.82, 2.24) is 0 Å². The highest BCUT2D eigenvalue weighted by molar-refractivity contribution is 5.47. The first-order valence-corrected chi connectivity index (χ1v) is 5.68. The lowest BCUT2D eigenvalue weighted by molar-refractivity contribution is 0.103. The molecule has 0 fully saturated rings. The molecule has 0 aromatic heterocycles. The Kier molecular flexibility index (Phi) is 2.64. The van der Waals surface area contributed by atoms with Crippen molar-refractivity contribution in [3.63, 3.8) is 0 Å². The fourth-order valence-electron chi connectivity index (χ4n) is 1.89. The van der Waals surface area contributed by atoms with Gasteiger partial charge in [0.1, 0.15) is 6.10 Å². The minimum atomic E-state index is 0.0106. The second-order valence-corrected chi connectivity index (χ2v) is 3.94. The average molecular weight is 223 g/mol. The van der Waals surface area contributed by atoms with Crippen LogP contribution in [0.2, 0.25) is 0 Å². The number of nitrogens with zero attached hydrogens (tertiary/aromatic N) is 1. The Labute approximate surface area is 101 Å². The van der Waals surface area contributed by atoms with Crippen LogP contribution in [0.1, 0.15) is 11.7 Å². The lowest BCUT2D eigenvalue weighted by Gasteiger charge is -2.18. The molecule has 0 radical (unpaired) electrons. The van der Waals surface area contributed by atoms with Gasteiger partial charge in [0.05, 0.1) is 5.69 Å². The van der Waals surface area contributed by atoms with Crippen LogP contribution in [0.4, 0.5) is 5.69 Å². The molecule has 2 aromatic rings. The molecule has 2 heteroatoms. The molecule has 2 nitrogen and oxygen atoms in total. The van der Waals surface area contributed by atoms with Crippen molar-refractivity contribution < 1.29 is 4.84 Å². The fraction of sp³-hybridized carbons (Fsp3) is 0.0667. The third kappa shape index (κ3) is 2.08. The lowest BCUT2D eigenvalue weighted by Crippen LogP contribution is -2.12. The van der Waals surface area contributed by atoms with E-state index in [-0.39, 0.29) is 6.10 Å². The van der Waals surface area contributed by atoms with Crippen LogP contribution in [0.3, 0.4) is 0 Å². The zero-order chi connectivity index (χ0) is 11.5. The Morgan fingerprint density at radius 3 is 2.18 bits per heavy atom. The van der Waals surface area contributed by atoms with E-state index < -0.39 is 0 Å². The summed E-state index contributed by atoms with van der Waals surface area (Å²) in [7, 11) is 0. The summed E-state index contributed by atoms with van der Waals surface area (Å²) in [6.07, 6.45) is 4.03. The first kappa shape index (κ1) is 10.1. The molecule has 1 heterocycles. The summed E-state index contributed by atoms with van der Waals surface area (Å²) in [5.41, 5.74) is 2.21. The zero-order valence-corrected chi connectivity index (χ0v) is 9.36. The highest BCUT2D eigenvalue weighted by Crippen LogP contribution is 2.29. The van der Waals surface area contributed by atoms with Crippen LogP contribution in [0.15, 0.2) is 72.9 Å². The Hall–Kier alpha value is -2.06. The molecule has 84 valence electrons. The number of para-hydroxylation sites is 1. The predicted octanol–water partition coefficient (Wildman–Crippen LogP) is 3.69. The Bertz CT molecular complexity index is 459. The molecule has 17 heavy (non-hydrogen) atoms. The normalized spacial score (nSPS) is 18.6. The second-order valence-electron chi connectivity index (χ2n) is 3.94. The number of hydrogen-bond donors (Lipinski definition) is 0. The van der Waals surface area contributed by atoms with Gasteiger partial charge in [0, 0.05) is 6.20 Å². The van der Waals surface area contributed by atoms with Crippen molar-refractivity contribution in [3.8, 4) is 0 Å². The average Bonchev–Trinajstić information content (AvgIpc) is 2.90. The van der Waals surface area contributed by atoms with E-state index in [1.54, 1.807) is 5.06 Å². The molecule has 2 aromatic carbocycles. The van der Waals surface area contributed by atoms with Gasteiger partial charge < -0.3 is 0 Å². The minimum absolute atomic E-state index is 0.0106. The van der Waals surface area contributed by atoms with Gasteiger partial charge in [-0.1, -0.05) is 48.5 Å². The molecule has 0 bridgehead atoms. The number of hydrogen-bond acceptors (Lipinski definition) is 2. The molecule has 3 rings (SSSR count). The van der Waals surface area contributed by atoms with Gasteiger partial charge in [-0.3, -0.25) is 4.84 Å². The molecule has 1 atom stereocenters. The van der Waals surface area contributed by atoms with Gasteiger partial charge in [-0.05, 0) is 23.8 Å². The topological polar surface area (TPSA) is 12.5 Å². The Balaban J connectivity index is 1.78. The van der Waals surface area contributed by atoms with Gasteiger partial charge >= 0.3 is 0 Å². The van der Waals surface area contributed by atoms with E-state index in [1.165, 1.54) is 5.56 Å². The third-order valence-corrected chi connectivity index (χ3v) is 2.76. The minimum Gasteiger partial charge on any atom is -0.257 e. The van der Waals surface area contributed by atoms with E-state index in [4.69, 9.17) is 4.84 Å². The van der Waals surface area contributed by atoms with Crippen LogP contribution in [-0.2, 0) is 4.84 Å². The fourth-order valence-corrected chi connectivity index (χ4v) is 1.89. The first-order chi connectivity index (χ1) is 8.43. The van der Waals surface area contributed by atoms with Gasteiger partial charge in [-0.15, -0.1) is 0 Å². The molecule has 0 saturated carbocycles. The summed E-state index contributed by atoms with van der Waals surface area (Å²) >= 11 is 0. The van der Waals surface area contributed by atoms with Crippen molar-refractivity contribution >= 4 is 5.69 Å². The standard InChI is InChI=1S/C15H13NO/c1-3-7-13(8-4-1)15-11-12-16(17-15)14-9-5-2-6-10-14/h1-12,15H. The number of anilines is 1. The van der Waals surface area contributed by atoms with Gasteiger partial charge in [0.25, 0.3) is 0 Å². The molecular formula is C15H13NO. The van der Waals surface area contributed by atoms with E-state index in [0.29, 0.717) is 0 Å². The zero-order valence-electron chi connectivity index (χ0n) is 9.36. The van der Waals surface area contributed by atoms with Gasteiger partial charge in [0.2, 0.25) is 0 Å². The molecule has 0 saturated heterocycles. The largest absolute Gasteiger partial charge is 0.257 e. The van der Waals surface area contributed by atoms with Crippen molar-refractivity contribution in [3.05, 3.63) is 78.5 Å². The quantitative estimate of drug-likeness (QED) is 0.769. The van der Waals surface area contributed by atoms with Crippen molar-refractivity contribution in [1.29, 1.82) is 0 Å². The molecule has 1 aliphatic heterocycles. The maximum absolute atomic E-state index is 5.86. The second kappa shape index (κ2) is 4.44. The summed E-state index contributed by atoms with van der Waals surface area (Å²) < 4.78 is 0. The SMILES string of the molecule is C1=CN(c2ccccc2)OC1c1ccccc1. The number of rotatable bonds is 2. The van der Waals surface area contributed by atoms with E-state index in [1.807, 2.05) is 54.7 Å². The molecule has 0 spiro atoms. The molecule has 1 aliphatic rings. The molecule has 0 aliphatic carbocycles. The molecule has 0 N–H and O–H groups in total. The highest BCUT2D eigenvalue weighted by atomic mass is 16.7. The molecular weight excluding hydrogens is 210 g/mol. The Morgan fingerprint density at radius 1 is 0.824 bits per heavy atom. The van der Waals surface area contributed by atoms with Gasteiger partial charge in [0.15, 0.2) is 0 Å². The molecule has 0 amide bonds. The van der Waals surface area contributed by atoms with Crippen molar-refractivity contribution in [2.24, 2.45) is 0 Å². The van der Waals surface area contributed by atoms with Crippen molar-refractivity contribution in [2.75, 3.05) is 5.06 Å². The van der Waals surface area contributed by atoms with Crippen LogP contribution in [0, 0.1) is 0 Å². The van der Waals surface area contributed by atoms with Crippen LogP contribution >= 0.6 is 0 Å². The summed E-state index contributed by atoms with van der Waals surface area (Å²) in [6.45, 7) is 0. The summed E-state index contributed by atoms with van der Waals surface area (Å²) in [5, 5.41) is 1.80. The summed E-state index contributed by atoms with van der Waals surface area (Å²) in [4.78, 5) is 5.86. The smallest absolute Gasteiger partial charge is 0.131 e. The summed E-state index contributed by atoms with van der Waals surface area (Å²) in [6, 6.07) is 20.3. The predicted molar refractivity (Wildman–Crippen MR) is 68.3 cm³/mol. The first-order valence-electron chi connectivity index (χ1n) is 5.68. The maximum atomic E-state index is 5.86. The van der Waals surface area contributed by atoms with Gasteiger partial charge in [-0.2, -0.15) is 0 Å². The van der Waals surface area contributed by atoms with E-state index >= 15 is 0 Å². The van der Waals surface area contributed by atoms with Crippen LogP contribution in [-0.4, -0.2) is 0 Å². The number of hydroxylamine groups is 1. The number of benzene rings is 2. The van der Waals surface area contributed by atoms with Crippen LogP contribution in [0.5, 0.6) is 0 Å². The van der Waals surface area contributed by atoms with Crippen molar-refractivity contribution in [2.45, 2.75) is 6.10 Å². The van der Waals surface area contributed by atoms with Gasteiger partial charge in [-0.25, -0.2) is 5.06 Å². The molecule has 1 unspecified atom stereocenters. The van der Waals surface area contributed by atoms with E-state index in [2.05, 4.69) is 18.2 Å². The maximum Gasteiger partial charge on any atom is 0.131 e. The summed E-state index contributed by atoms with van der Waals surface area (Å²) in [5.74, 6) is 0. The van der Waals surface area contributed by atoms with E-state index in [0.717, 1.165) is 5.69 Å². The van der Waals surface area contributed by atoms with Crippen LogP contribution in [0.25, 0.3) is 0 Å². The highest BCUT2D eigenvalue weighted by Gasteiger charge is 2.19. The monoisotopic (exact) mass is 223 g/mol. The van der Waals surface area contributed by atoms with Crippen LogP contribution < -0.4 is 5.06 Å². The third-order valence-electron chi connectivity index (χ3n) is 2.76.